The Kier molecular flexibility index (Phi) is 7.27. The number of hydrogen-bond acceptors (Lipinski definition) is 5. The minimum absolute atomic E-state index is 0.0465. The highest BCUT2D eigenvalue weighted by atomic mass is 19.4. The molecule has 1 saturated heterocycles. The third-order valence-electron chi connectivity index (χ3n) is 7.44. The van der Waals surface area contributed by atoms with Crippen molar-refractivity contribution < 1.29 is 27.5 Å². The van der Waals surface area contributed by atoms with Crippen molar-refractivity contribution in [3.8, 4) is 5.75 Å². The first-order valence-corrected chi connectivity index (χ1v) is 13.0. The zero-order valence-electron chi connectivity index (χ0n) is 21.1. The predicted molar refractivity (Wildman–Crippen MR) is 135 cm³/mol. The fraction of sp³-hybridized carbons (Fsp3) is 0.481. The van der Waals surface area contributed by atoms with Crippen LogP contribution in [-0.4, -0.2) is 39.2 Å². The van der Waals surface area contributed by atoms with Gasteiger partial charge < -0.3 is 15.4 Å². The maximum absolute atomic E-state index is 13.1. The molecule has 0 spiro atoms. The van der Waals surface area contributed by atoms with Crippen LogP contribution < -0.4 is 15.4 Å². The average molecular weight is 530 g/mol. The van der Waals surface area contributed by atoms with Crippen molar-refractivity contribution in [2.75, 3.05) is 11.9 Å². The van der Waals surface area contributed by atoms with Crippen LogP contribution in [-0.2, 0) is 11.0 Å². The summed E-state index contributed by atoms with van der Waals surface area (Å²) < 4.78 is 47.3. The van der Waals surface area contributed by atoms with Crippen molar-refractivity contribution >= 4 is 28.4 Å². The Labute approximate surface area is 217 Å². The first kappa shape index (κ1) is 26.0. The second-order valence-electron chi connectivity index (χ2n) is 10.1. The Bertz CT molecular complexity index is 1330. The third-order valence-corrected chi connectivity index (χ3v) is 7.44. The van der Waals surface area contributed by atoms with Gasteiger partial charge in [-0.1, -0.05) is 19.4 Å². The quantitative estimate of drug-likeness (QED) is 0.421. The van der Waals surface area contributed by atoms with Gasteiger partial charge in [-0.25, -0.2) is 4.98 Å². The van der Waals surface area contributed by atoms with Gasteiger partial charge in [-0.05, 0) is 56.2 Å². The lowest BCUT2D eigenvalue weighted by Gasteiger charge is -2.27. The number of fused-ring (bicyclic) bond motifs is 1. The van der Waals surface area contributed by atoms with Crippen molar-refractivity contribution in [2.45, 2.75) is 70.1 Å². The van der Waals surface area contributed by atoms with E-state index in [1.807, 2.05) is 10.9 Å². The van der Waals surface area contributed by atoms with E-state index in [4.69, 9.17) is 9.84 Å². The maximum Gasteiger partial charge on any atom is 0.433 e. The molecule has 2 amide bonds. The summed E-state index contributed by atoms with van der Waals surface area (Å²) in [5, 5.41) is 11.0. The van der Waals surface area contributed by atoms with E-state index in [1.165, 1.54) is 12.5 Å². The van der Waals surface area contributed by atoms with Crippen LogP contribution in [0.4, 0.5) is 18.9 Å². The molecule has 0 unspecified atom stereocenters. The molecule has 2 aliphatic rings. The summed E-state index contributed by atoms with van der Waals surface area (Å²) in [4.78, 5) is 28.0. The van der Waals surface area contributed by atoms with Crippen LogP contribution in [0.1, 0.15) is 74.1 Å². The number of carbonyl (C=O) groups is 2. The summed E-state index contributed by atoms with van der Waals surface area (Å²) in [6.45, 7) is 2.40. The van der Waals surface area contributed by atoms with Crippen LogP contribution in [0.25, 0.3) is 10.9 Å². The SMILES string of the molecule is CCC1CCC(n2cc3cc(NC(=O)c4cccc(C(F)(F)F)n4)c(OC[C@H]4CCC(=O)N4)cc3n2)CC1. The second-order valence-corrected chi connectivity index (χ2v) is 10.1. The smallest absolute Gasteiger partial charge is 0.433 e. The fourth-order valence-electron chi connectivity index (χ4n) is 5.19. The van der Waals surface area contributed by atoms with Crippen LogP contribution in [0.5, 0.6) is 5.75 Å². The number of aromatic nitrogens is 3. The van der Waals surface area contributed by atoms with Crippen molar-refractivity contribution in [3.05, 3.63) is 47.9 Å². The lowest BCUT2D eigenvalue weighted by molar-refractivity contribution is -0.141. The number of halogens is 3. The number of rotatable bonds is 7. The highest BCUT2D eigenvalue weighted by molar-refractivity contribution is 6.05. The molecular formula is C27H30F3N5O3. The molecular weight excluding hydrogens is 499 g/mol. The Morgan fingerprint density at radius 1 is 1.18 bits per heavy atom. The molecule has 38 heavy (non-hydrogen) atoms. The number of nitrogens with one attached hydrogen (secondary N) is 2. The summed E-state index contributed by atoms with van der Waals surface area (Å²) in [6.07, 6.45) is 3.90. The number of ether oxygens (including phenoxy) is 1. The first-order valence-electron chi connectivity index (χ1n) is 13.0. The largest absolute Gasteiger partial charge is 0.489 e. The van der Waals surface area contributed by atoms with Crippen molar-refractivity contribution in [1.82, 2.24) is 20.1 Å². The molecule has 1 aromatic carbocycles. The third kappa shape index (κ3) is 5.76. The van der Waals surface area contributed by atoms with E-state index >= 15 is 0 Å². The molecule has 1 atom stereocenters. The standard InChI is InChI=1S/C27H30F3N5O3/c1-2-16-6-9-19(10-7-16)35-14-17-12-22(33-26(37)20-4-3-5-24(32-20)27(28,29)30)23(13-21(17)34-35)38-15-18-8-11-25(36)31-18/h3-5,12-14,16,18-19H,2,6-11,15H2,1H3,(H,31,36)(H,33,37)/t16?,18-,19?/m1/s1. The van der Waals surface area contributed by atoms with Gasteiger partial charge in [0.15, 0.2) is 0 Å². The van der Waals surface area contributed by atoms with E-state index in [0.29, 0.717) is 29.8 Å². The van der Waals surface area contributed by atoms with Gasteiger partial charge in [0.2, 0.25) is 5.91 Å². The number of nitrogens with zero attached hydrogens (tertiary/aromatic N) is 3. The van der Waals surface area contributed by atoms with E-state index in [9.17, 15) is 22.8 Å². The van der Waals surface area contributed by atoms with Gasteiger partial charge in [0.25, 0.3) is 5.91 Å². The molecule has 2 aromatic heterocycles. The van der Waals surface area contributed by atoms with Crippen LogP contribution in [0, 0.1) is 5.92 Å². The Morgan fingerprint density at radius 3 is 2.66 bits per heavy atom. The predicted octanol–water partition coefficient (Wildman–Crippen LogP) is 5.50. The molecule has 1 aliphatic carbocycles. The molecule has 1 saturated carbocycles. The van der Waals surface area contributed by atoms with E-state index in [1.54, 1.807) is 12.1 Å². The number of alkyl halides is 3. The highest BCUT2D eigenvalue weighted by Crippen LogP contribution is 2.36. The molecule has 3 heterocycles. The lowest BCUT2D eigenvalue weighted by Crippen LogP contribution is -2.31. The topological polar surface area (TPSA) is 98.1 Å². The summed E-state index contributed by atoms with van der Waals surface area (Å²) in [7, 11) is 0. The molecule has 5 rings (SSSR count). The summed E-state index contributed by atoms with van der Waals surface area (Å²) in [5.41, 5.74) is -0.533. The Hall–Kier alpha value is -3.63. The van der Waals surface area contributed by atoms with Crippen LogP contribution in [0.2, 0.25) is 0 Å². The van der Waals surface area contributed by atoms with Gasteiger partial charge in [-0.3, -0.25) is 14.3 Å². The van der Waals surface area contributed by atoms with Crippen molar-refractivity contribution in [2.24, 2.45) is 5.92 Å². The van der Waals surface area contributed by atoms with E-state index < -0.39 is 17.8 Å². The fourth-order valence-corrected chi connectivity index (χ4v) is 5.19. The normalized spacial score (nSPS) is 21.9. The summed E-state index contributed by atoms with van der Waals surface area (Å²) >= 11 is 0. The van der Waals surface area contributed by atoms with E-state index in [2.05, 4.69) is 22.5 Å². The maximum atomic E-state index is 13.1. The number of benzene rings is 1. The molecule has 202 valence electrons. The number of carbonyl (C=O) groups excluding carboxylic acids is 2. The molecule has 0 radical (unpaired) electrons. The van der Waals surface area contributed by atoms with Crippen LogP contribution in [0.3, 0.4) is 0 Å². The molecule has 2 N–H and O–H groups in total. The molecule has 11 heteroatoms. The number of amides is 2. The summed E-state index contributed by atoms with van der Waals surface area (Å²) in [5.74, 6) is 0.229. The van der Waals surface area contributed by atoms with E-state index in [-0.39, 0.29) is 30.3 Å². The number of hydrogen-bond donors (Lipinski definition) is 2. The minimum atomic E-state index is -4.67. The van der Waals surface area contributed by atoms with E-state index in [0.717, 1.165) is 49.1 Å². The van der Waals surface area contributed by atoms with Crippen molar-refractivity contribution in [1.29, 1.82) is 0 Å². The van der Waals surface area contributed by atoms with Gasteiger partial charge >= 0.3 is 6.18 Å². The molecule has 8 nitrogen and oxygen atoms in total. The highest BCUT2D eigenvalue weighted by Gasteiger charge is 2.33. The van der Waals surface area contributed by atoms with Gasteiger partial charge in [0.05, 0.1) is 23.3 Å². The van der Waals surface area contributed by atoms with Crippen molar-refractivity contribution in [3.63, 3.8) is 0 Å². The Morgan fingerprint density at radius 2 is 1.97 bits per heavy atom. The minimum Gasteiger partial charge on any atom is -0.489 e. The monoisotopic (exact) mass is 529 g/mol. The van der Waals surface area contributed by atoms with Gasteiger partial charge in [0.1, 0.15) is 23.7 Å². The second kappa shape index (κ2) is 10.6. The number of pyridine rings is 1. The first-order chi connectivity index (χ1) is 18.2. The van der Waals surface area contributed by atoms with Gasteiger partial charge in [-0.15, -0.1) is 0 Å². The summed E-state index contributed by atoms with van der Waals surface area (Å²) in [6, 6.07) is 6.73. The van der Waals surface area contributed by atoms with Gasteiger partial charge in [-0.2, -0.15) is 18.3 Å². The Balaban J connectivity index is 1.42. The number of anilines is 1. The molecule has 3 aromatic rings. The molecule has 0 bridgehead atoms. The van der Waals surface area contributed by atoms with Crippen LogP contribution >= 0.6 is 0 Å². The van der Waals surface area contributed by atoms with Gasteiger partial charge in [0, 0.05) is 24.1 Å². The lowest BCUT2D eigenvalue weighted by atomic mass is 9.85. The molecule has 1 aliphatic heterocycles. The van der Waals surface area contributed by atoms with Crippen LogP contribution in [0.15, 0.2) is 36.5 Å². The molecule has 2 fully saturated rings. The zero-order valence-corrected chi connectivity index (χ0v) is 21.1. The zero-order chi connectivity index (χ0) is 26.9. The average Bonchev–Trinajstić information content (AvgIpc) is 3.52.